The zero-order chi connectivity index (χ0) is 23.9. The van der Waals surface area contributed by atoms with E-state index in [0.717, 1.165) is 52.1 Å². The topological polar surface area (TPSA) is 94.7 Å². The fourth-order valence-electron chi connectivity index (χ4n) is 4.98. The van der Waals surface area contributed by atoms with Gasteiger partial charge in [0.15, 0.2) is 0 Å². The molecule has 1 atom stereocenters. The molecule has 3 aromatic heterocycles. The molecule has 0 saturated heterocycles. The molecule has 2 aliphatic rings. The average molecular weight is 491 g/mol. The molecule has 9 nitrogen and oxygen atoms in total. The zero-order valence-corrected chi connectivity index (χ0v) is 20.4. The van der Waals surface area contributed by atoms with Crippen molar-refractivity contribution in [3.05, 3.63) is 59.5 Å². The Balaban J connectivity index is 1.26. The Morgan fingerprint density at radius 3 is 3.06 bits per heavy atom. The Morgan fingerprint density at radius 1 is 1.26 bits per heavy atom. The normalized spacial score (nSPS) is 16.6. The lowest BCUT2D eigenvalue weighted by molar-refractivity contribution is 0.0166. The molecule has 0 spiro atoms. The van der Waals surface area contributed by atoms with E-state index in [-0.39, 0.29) is 12.1 Å². The summed E-state index contributed by atoms with van der Waals surface area (Å²) in [6.07, 6.45) is 8.49. The van der Waals surface area contributed by atoms with Crippen LogP contribution < -0.4 is 14.8 Å². The Kier molecular flexibility index (Phi) is 5.62. The van der Waals surface area contributed by atoms with Crippen LogP contribution in [-0.4, -0.2) is 45.2 Å². The first kappa shape index (κ1) is 22.0. The Morgan fingerprint density at radius 2 is 2.17 bits per heavy atom. The second kappa shape index (κ2) is 8.94. The predicted molar refractivity (Wildman–Crippen MR) is 134 cm³/mol. The van der Waals surface area contributed by atoms with Crippen LogP contribution in [0.3, 0.4) is 0 Å². The van der Waals surface area contributed by atoms with Crippen molar-refractivity contribution in [3.63, 3.8) is 0 Å². The highest BCUT2D eigenvalue weighted by Gasteiger charge is 2.25. The van der Waals surface area contributed by atoms with Crippen LogP contribution in [0.4, 0.5) is 10.5 Å². The van der Waals surface area contributed by atoms with E-state index >= 15 is 0 Å². The maximum Gasteiger partial charge on any atom is 0.329 e. The number of nitrogens with zero attached hydrogens (tertiary/aromatic N) is 4. The number of ether oxygens (including phenoxy) is 2. The number of carbonyl (C=O) groups excluding carboxylic acids is 1. The third kappa shape index (κ3) is 4.02. The molecule has 4 aromatic rings. The van der Waals surface area contributed by atoms with Gasteiger partial charge in [0, 0.05) is 25.1 Å². The van der Waals surface area contributed by atoms with E-state index in [4.69, 9.17) is 9.47 Å². The molecule has 2 amide bonds. The molecule has 0 fully saturated rings. The lowest BCUT2D eigenvalue weighted by Crippen LogP contribution is -2.32. The van der Waals surface area contributed by atoms with Crippen LogP contribution in [0.5, 0.6) is 5.88 Å². The van der Waals surface area contributed by atoms with Crippen LogP contribution in [0.2, 0.25) is 0 Å². The first-order chi connectivity index (χ1) is 17.1. The number of aromatic nitrogens is 4. The molecule has 180 valence electrons. The van der Waals surface area contributed by atoms with E-state index in [1.54, 1.807) is 24.2 Å². The van der Waals surface area contributed by atoms with E-state index in [0.29, 0.717) is 19.0 Å². The van der Waals surface area contributed by atoms with E-state index in [1.165, 1.54) is 23.1 Å². The lowest BCUT2D eigenvalue weighted by atomic mass is 9.93. The summed E-state index contributed by atoms with van der Waals surface area (Å²) < 4.78 is 17.7. The van der Waals surface area contributed by atoms with Gasteiger partial charge in [-0.05, 0) is 78.6 Å². The minimum absolute atomic E-state index is 0.0277. The van der Waals surface area contributed by atoms with Crippen LogP contribution >= 0.6 is 11.9 Å². The van der Waals surface area contributed by atoms with Crippen LogP contribution in [0.1, 0.15) is 23.1 Å². The van der Waals surface area contributed by atoms with Crippen molar-refractivity contribution in [2.24, 2.45) is 0 Å². The fraction of sp³-hybridized carbons (Fsp3) is 0.320. The fourth-order valence-corrected chi connectivity index (χ4v) is 5.59. The molecule has 1 aromatic carbocycles. The SMILES string of the molecule is COC1COc2c(SNC(=O)Nc3c4c(cc(C)c3-c3ccn5nccc5c3)CCC4)cnn2C1. The van der Waals surface area contributed by atoms with Crippen LogP contribution in [0, 0.1) is 6.92 Å². The smallest absolute Gasteiger partial charge is 0.329 e. The van der Waals surface area contributed by atoms with E-state index in [1.807, 2.05) is 22.8 Å². The van der Waals surface area contributed by atoms with Gasteiger partial charge < -0.3 is 14.8 Å². The molecular weight excluding hydrogens is 464 g/mol. The van der Waals surface area contributed by atoms with Crippen LogP contribution in [0.15, 0.2) is 47.8 Å². The van der Waals surface area contributed by atoms with E-state index in [9.17, 15) is 4.79 Å². The molecule has 10 heteroatoms. The summed E-state index contributed by atoms with van der Waals surface area (Å²) in [5.41, 5.74) is 7.67. The van der Waals surface area contributed by atoms with Crippen molar-refractivity contribution in [2.75, 3.05) is 19.0 Å². The number of amides is 2. The van der Waals surface area contributed by atoms with Crippen molar-refractivity contribution in [1.82, 2.24) is 24.1 Å². The molecule has 0 bridgehead atoms. The first-order valence-electron chi connectivity index (χ1n) is 11.6. The minimum Gasteiger partial charge on any atom is -0.474 e. The van der Waals surface area contributed by atoms with Crippen molar-refractivity contribution in [2.45, 2.75) is 43.7 Å². The summed E-state index contributed by atoms with van der Waals surface area (Å²) in [6, 6.07) is 8.11. The van der Waals surface area contributed by atoms with Gasteiger partial charge in [-0.15, -0.1) is 0 Å². The molecule has 4 heterocycles. The minimum atomic E-state index is -0.285. The highest BCUT2D eigenvalue weighted by molar-refractivity contribution is 7.98. The standard InChI is InChI=1S/C25H26N6O3S/c1-15-10-16-4-3-5-20(16)23(22(15)17-7-9-30-18(11-17)6-8-26-30)28-25(32)29-35-21-12-27-31-13-19(33-2)14-34-24(21)31/h6-12,19H,3-5,13-14H2,1-2H3,(H2,28,29,32). The van der Waals surface area contributed by atoms with Gasteiger partial charge >= 0.3 is 6.03 Å². The van der Waals surface area contributed by atoms with Crippen LogP contribution in [0.25, 0.3) is 16.6 Å². The van der Waals surface area contributed by atoms with Gasteiger partial charge in [-0.2, -0.15) is 10.2 Å². The second-order valence-corrected chi connectivity index (χ2v) is 9.72. The summed E-state index contributed by atoms with van der Waals surface area (Å²) >= 11 is 1.20. The quantitative estimate of drug-likeness (QED) is 0.407. The highest BCUT2D eigenvalue weighted by Crippen LogP contribution is 2.40. The van der Waals surface area contributed by atoms with Gasteiger partial charge in [0.25, 0.3) is 0 Å². The molecule has 1 aliphatic heterocycles. The van der Waals surface area contributed by atoms with Crippen molar-refractivity contribution >= 4 is 29.2 Å². The largest absolute Gasteiger partial charge is 0.474 e. The van der Waals surface area contributed by atoms with Gasteiger partial charge in [-0.25, -0.2) is 14.0 Å². The summed E-state index contributed by atoms with van der Waals surface area (Å²) in [4.78, 5) is 13.9. The molecule has 1 unspecified atom stereocenters. The third-order valence-corrected chi connectivity index (χ3v) is 7.44. The highest BCUT2D eigenvalue weighted by atomic mass is 32.2. The summed E-state index contributed by atoms with van der Waals surface area (Å²) in [5.74, 6) is 0.648. The number of pyridine rings is 1. The van der Waals surface area contributed by atoms with Crippen molar-refractivity contribution in [1.29, 1.82) is 0 Å². The molecule has 2 N–H and O–H groups in total. The number of hydrogen-bond acceptors (Lipinski definition) is 6. The Hall–Kier alpha value is -3.50. The number of carbonyl (C=O) groups is 1. The summed E-state index contributed by atoms with van der Waals surface area (Å²) in [6.45, 7) is 3.19. The van der Waals surface area contributed by atoms with E-state index in [2.05, 4.69) is 39.3 Å². The van der Waals surface area contributed by atoms with Gasteiger partial charge in [-0.3, -0.25) is 4.72 Å². The Labute approximate surface area is 206 Å². The summed E-state index contributed by atoms with van der Waals surface area (Å²) in [7, 11) is 1.66. The third-order valence-electron chi connectivity index (χ3n) is 6.65. The van der Waals surface area contributed by atoms with Crippen molar-refractivity contribution < 1.29 is 14.3 Å². The van der Waals surface area contributed by atoms with E-state index < -0.39 is 0 Å². The number of methoxy groups -OCH3 is 1. The molecule has 6 rings (SSSR count). The molecular formula is C25H26N6O3S. The molecule has 0 saturated carbocycles. The number of benzene rings is 1. The van der Waals surface area contributed by atoms with Crippen LogP contribution in [-0.2, 0) is 24.1 Å². The number of rotatable bonds is 5. The number of hydrogen-bond donors (Lipinski definition) is 2. The van der Waals surface area contributed by atoms with Gasteiger partial charge in [-0.1, -0.05) is 6.07 Å². The number of nitrogens with one attached hydrogen (secondary N) is 2. The number of anilines is 1. The maximum atomic E-state index is 13.1. The van der Waals surface area contributed by atoms with Crippen molar-refractivity contribution in [3.8, 4) is 17.0 Å². The Bertz CT molecular complexity index is 1430. The van der Waals surface area contributed by atoms with Gasteiger partial charge in [0.2, 0.25) is 5.88 Å². The first-order valence-corrected chi connectivity index (χ1v) is 12.5. The van der Waals surface area contributed by atoms with Gasteiger partial charge in [0.1, 0.15) is 17.6 Å². The second-order valence-electron chi connectivity index (χ2n) is 8.87. The number of aryl methyl sites for hydroxylation is 2. The monoisotopic (exact) mass is 490 g/mol. The summed E-state index contributed by atoms with van der Waals surface area (Å²) in [5, 5.41) is 11.8. The molecule has 1 aliphatic carbocycles. The average Bonchev–Trinajstić information content (AvgIpc) is 3.61. The van der Waals surface area contributed by atoms with Gasteiger partial charge in [0.05, 0.1) is 23.9 Å². The molecule has 0 radical (unpaired) electrons. The number of urea groups is 1. The maximum absolute atomic E-state index is 13.1. The zero-order valence-electron chi connectivity index (χ0n) is 19.6. The predicted octanol–water partition coefficient (Wildman–Crippen LogP) is 4.23. The molecule has 35 heavy (non-hydrogen) atoms. The lowest BCUT2D eigenvalue weighted by Gasteiger charge is -2.23. The number of fused-ring (bicyclic) bond motifs is 3.